The summed E-state index contributed by atoms with van der Waals surface area (Å²) in [5.74, 6) is 0.781. The van der Waals surface area contributed by atoms with Gasteiger partial charge < -0.3 is 9.94 Å². The monoisotopic (exact) mass is 352 g/mol. The minimum absolute atomic E-state index is 0.0782. The second-order valence-electron chi connectivity index (χ2n) is 5.38. The third-order valence-corrected chi connectivity index (χ3v) is 3.97. The molecule has 1 aromatic heterocycles. The number of hydrogen-bond donors (Lipinski definition) is 1. The van der Waals surface area contributed by atoms with Crippen LogP contribution in [0.5, 0.6) is 5.75 Å². The number of amides is 1. The second-order valence-corrected chi connectivity index (χ2v) is 6.20. The summed E-state index contributed by atoms with van der Waals surface area (Å²) in [5, 5.41) is 9.59. The van der Waals surface area contributed by atoms with Crippen LogP contribution in [0, 0.1) is 5.92 Å². The molecule has 0 aliphatic heterocycles. The fraction of sp³-hybridized carbons (Fsp3) is 0.250. The predicted octanol–water partition coefficient (Wildman–Crippen LogP) is 3.56. The fourth-order valence-corrected chi connectivity index (χ4v) is 2.53. The van der Waals surface area contributed by atoms with Crippen molar-refractivity contribution in [3.63, 3.8) is 0 Å². The van der Waals surface area contributed by atoms with E-state index in [1.54, 1.807) is 24.3 Å². The molecule has 1 aromatic carbocycles. The van der Waals surface area contributed by atoms with E-state index < -0.39 is 5.91 Å². The average molecular weight is 353 g/mol. The van der Waals surface area contributed by atoms with E-state index in [0.717, 1.165) is 0 Å². The highest BCUT2D eigenvalue weighted by molar-refractivity contribution is 6.34. The maximum absolute atomic E-state index is 12.3. The third-order valence-electron chi connectivity index (χ3n) is 3.42. The van der Waals surface area contributed by atoms with Gasteiger partial charge in [0.15, 0.2) is 0 Å². The standard InChI is InChI=1S/C16H14Cl2N2O3/c17-13-7-20(22)8-14(18)15(13)19-16(21)11-2-1-3-12(6-11)23-9-10-4-5-10/h1-3,6-8,10,22H,4-5,9H2. The number of rotatable bonds is 4. The lowest BCUT2D eigenvalue weighted by Gasteiger charge is -2.06. The van der Waals surface area contributed by atoms with E-state index in [0.29, 0.717) is 28.6 Å². The van der Waals surface area contributed by atoms with Gasteiger partial charge in [-0.15, -0.1) is 0 Å². The van der Waals surface area contributed by atoms with Crippen molar-refractivity contribution in [2.24, 2.45) is 10.9 Å². The van der Waals surface area contributed by atoms with Crippen molar-refractivity contribution < 1.29 is 14.7 Å². The molecule has 2 aromatic rings. The summed E-state index contributed by atoms with van der Waals surface area (Å²) in [6.07, 6.45) is 4.80. The molecule has 0 bridgehead atoms. The van der Waals surface area contributed by atoms with Crippen molar-refractivity contribution in [1.29, 1.82) is 0 Å². The Kier molecular flexibility index (Phi) is 4.59. The Balaban J connectivity index is 1.85. The SMILES string of the molecule is O=C(N=c1c(Cl)cn(O)cc1Cl)c1cccc(OCC2CC2)c1. The molecule has 1 saturated carbocycles. The van der Waals surface area contributed by atoms with Gasteiger partial charge in [-0.05, 0) is 37.0 Å². The van der Waals surface area contributed by atoms with Gasteiger partial charge in [0, 0.05) is 5.56 Å². The summed E-state index contributed by atoms with van der Waals surface area (Å²) < 4.78 is 6.36. The molecule has 1 N–H and O–H groups in total. The molecule has 5 nitrogen and oxygen atoms in total. The van der Waals surface area contributed by atoms with Gasteiger partial charge in [-0.2, -0.15) is 4.73 Å². The van der Waals surface area contributed by atoms with Crippen LogP contribution in [0.3, 0.4) is 0 Å². The van der Waals surface area contributed by atoms with Crippen LogP contribution >= 0.6 is 23.2 Å². The Morgan fingerprint density at radius 1 is 1.30 bits per heavy atom. The number of pyridine rings is 1. The lowest BCUT2D eigenvalue weighted by molar-refractivity contribution is 0.0997. The predicted molar refractivity (Wildman–Crippen MR) is 86.2 cm³/mol. The molecule has 1 heterocycles. The molecule has 0 spiro atoms. The van der Waals surface area contributed by atoms with Crippen molar-refractivity contribution in [2.45, 2.75) is 12.8 Å². The molecule has 0 radical (unpaired) electrons. The normalized spacial score (nSPS) is 13.7. The number of halogens is 2. The van der Waals surface area contributed by atoms with E-state index in [9.17, 15) is 10.0 Å². The zero-order valence-corrected chi connectivity index (χ0v) is 13.6. The molecule has 0 unspecified atom stereocenters. The lowest BCUT2D eigenvalue weighted by atomic mass is 10.2. The van der Waals surface area contributed by atoms with Crippen LogP contribution in [0.4, 0.5) is 0 Å². The largest absolute Gasteiger partial charge is 0.493 e. The highest BCUT2D eigenvalue weighted by Crippen LogP contribution is 2.29. The quantitative estimate of drug-likeness (QED) is 0.855. The molecule has 0 atom stereocenters. The Morgan fingerprint density at radius 2 is 2.00 bits per heavy atom. The van der Waals surface area contributed by atoms with Crippen LogP contribution in [0.2, 0.25) is 10.0 Å². The molecule has 7 heteroatoms. The number of nitrogens with zero attached hydrogens (tertiary/aromatic N) is 2. The number of carbonyl (C=O) groups is 1. The molecule has 1 aliphatic rings. The van der Waals surface area contributed by atoms with E-state index >= 15 is 0 Å². The average Bonchev–Trinajstić information content (AvgIpc) is 3.33. The van der Waals surface area contributed by atoms with Crippen LogP contribution in [-0.2, 0) is 0 Å². The van der Waals surface area contributed by atoms with Crippen molar-refractivity contribution in [1.82, 2.24) is 4.73 Å². The Bertz CT molecular complexity index is 787. The lowest BCUT2D eigenvalue weighted by Crippen LogP contribution is -2.12. The number of hydrogen-bond acceptors (Lipinski definition) is 3. The topological polar surface area (TPSA) is 63.8 Å². The zero-order chi connectivity index (χ0) is 16.4. The van der Waals surface area contributed by atoms with E-state index in [-0.39, 0.29) is 15.4 Å². The fourth-order valence-electron chi connectivity index (χ4n) is 2.00. The van der Waals surface area contributed by atoms with Crippen LogP contribution in [0.1, 0.15) is 23.2 Å². The maximum Gasteiger partial charge on any atom is 0.277 e. The minimum atomic E-state index is -0.485. The van der Waals surface area contributed by atoms with Crippen molar-refractivity contribution >= 4 is 29.1 Å². The number of aromatic nitrogens is 1. The second kappa shape index (κ2) is 6.64. The molecule has 120 valence electrons. The van der Waals surface area contributed by atoms with E-state index in [1.807, 2.05) is 0 Å². The maximum atomic E-state index is 12.3. The molecule has 3 rings (SSSR count). The van der Waals surface area contributed by atoms with Crippen LogP contribution in [-0.4, -0.2) is 22.5 Å². The van der Waals surface area contributed by atoms with Gasteiger partial charge in [0.1, 0.15) is 11.1 Å². The Labute approximate surface area is 142 Å². The van der Waals surface area contributed by atoms with E-state index in [4.69, 9.17) is 27.9 Å². The van der Waals surface area contributed by atoms with Crippen LogP contribution in [0.15, 0.2) is 41.7 Å². The summed E-state index contributed by atoms with van der Waals surface area (Å²) in [7, 11) is 0. The van der Waals surface area contributed by atoms with Crippen LogP contribution in [0.25, 0.3) is 0 Å². The van der Waals surface area contributed by atoms with Crippen LogP contribution < -0.4 is 10.1 Å². The molecule has 0 saturated heterocycles. The molecule has 23 heavy (non-hydrogen) atoms. The first-order valence-corrected chi connectivity index (χ1v) is 7.87. The first-order chi connectivity index (χ1) is 11.0. The van der Waals surface area contributed by atoms with Crippen molar-refractivity contribution in [3.8, 4) is 5.75 Å². The first kappa shape index (κ1) is 15.9. The zero-order valence-electron chi connectivity index (χ0n) is 12.1. The molecular formula is C16H14Cl2N2O3. The Morgan fingerprint density at radius 3 is 2.65 bits per heavy atom. The first-order valence-electron chi connectivity index (χ1n) is 7.11. The van der Waals surface area contributed by atoms with Gasteiger partial charge in [0.25, 0.3) is 5.91 Å². The number of benzene rings is 1. The summed E-state index contributed by atoms with van der Waals surface area (Å²) in [4.78, 5) is 16.2. The van der Waals surface area contributed by atoms with Gasteiger partial charge in [0.2, 0.25) is 0 Å². The van der Waals surface area contributed by atoms with Crippen molar-refractivity contribution in [2.75, 3.05) is 6.61 Å². The molecule has 1 fully saturated rings. The Hall–Kier alpha value is -1.98. The van der Waals surface area contributed by atoms with Gasteiger partial charge >= 0.3 is 0 Å². The molecule has 1 amide bonds. The van der Waals surface area contributed by atoms with E-state index in [2.05, 4.69) is 4.99 Å². The molecular weight excluding hydrogens is 339 g/mol. The van der Waals surface area contributed by atoms with Gasteiger partial charge in [-0.3, -0.25) is 4.79 Å². The van der Waals surface area contributed by atoms with E-state index in [1.165, 1.54) is 25.2 Å². The van der Waals surface area contributed by atoms with Crippen molar-refractivity contribution in [3.05, 3.63) is 57.6 Å². The summed E-state index contributed by atoms with van der Waals surface area (Å²) >= 11 is 11.9. The van der Waals surface area contributed by atoms with Gasteiger partial charge in [-0.25, -0.2) is 4.99 Å². The smallest absolute Gasteiger partial charge is 0.277 e. The number of carbonyl (C=O) groups excluding carboxylic acids is 1. The summed E-state index contributed by atoms with van der Waals surface area (Å²) in [6.45, 7) is 0.668. The van der Waals surface area contributed by atoms with Gasteiger partial charge in [0.05, 0.1) is 29.0 Å². The minimum Gasteiger partial charge on any atom is -0.493 e. The molecule has 1 aliphatic carbocycles. The summed E-state index contributed by atoms with van der Waals surface area (Å²) in [5.41, 5.74) is 0.381. The third kappa shape index (κ3) is 4.06. The van der Waals surface area contributed by atoms with Gasteiger partial charge in [-0.1, -0.05) is 29.3 Å². The summed E-state index contributed by atoms with van der Waals surface area (Å²) in [6, 6.07) is 6.83. The number of ether oxygens (including phenoxy) is 1. The highest BCUT2D eigenvalue weighted by Gasteiger charge is 2.22. The highest BCUT2D eigenvalue weighted by atomic mass is 35.5.